The number of rotatable bonds is 5. The maximum absolute atomic E-state index is 12.2. The fourth-order valence-electron chi connectivity index (χ4n) is 3.63. The number of hydrogen-bond acceptors (Lipinski definition) is 3. The zero-order valence-corrected chi connectivity index (χ0v) is 12.6. The average Bonchev–Trinajstić information content (AvgIpc) is 2.99. The van der Waals surface area contributed by atoms with Gasteiger partial charge in [0.05, 0.1) is 6.04 Å². The second kappa shape index (κ2) is 6.71. The molecule has 4 nitrogen and oxygen atoms in total. The van der Waals surface area contributed by atoms with Gasteiger partial charge in [-0.1, -0.05) is 0 Å². The molecule has 2 N–H and O–H groups in total. The van der Waals surface area contributed by atoms with E-state index in [9.17, 15) is 4.79 Å². The molecule has 4 heteroatoms. The first-order valence-corrected chi connectivity index (χ1v) is 7.88. The van der Waals surface area contributed by atoms with Gasteiger partial charge >= 0.3 is 0 Å². The first-order valence-electron chi connectivity index (χ1n) is 7.88. The summed E-state index contributed by atoms with van der Waals surface area (Å²) in [6, 6.07) is 1.68. The molecule has 2 heterocycles. The van der Waals surface area contributed by atoms with Crippen LogP contribution >= 0.6 is 0 Å². The van der Waals surface area contributed by atoms with Crippen molar-refractivity contribution >= 4 is 5.91 Å². The second-order valence-corrected chi connectivity index (χ2v) is 6.27. The Bertz CT molecular complexity index is 292. The first-order chi connectivity index (χ1) is 9.09. The minimum Gasteiger partial charge on any atom is -0.355 e. The van der Waals surface area contributed by atoms with Gasteiger partial charge < -0.3 is 10.6 Å². The van der Waals surface area contributed by atoms with Crippen LogP contribution in [0.2, 0.25) is 0 Å². The van der Waals surface area contributed by atoms with E-state index in [0.29, 0.717) is 18.1 Å². The average molecular weight is 267 g/mol. The summed E-state index contributed by atoms with van der Waals surface area (Å²) in [5, 5.41) is 6.57. The van der Waals surface area contributed by atoms with Crippen molar-refractivity contribution in [1.29, 1.82) is 0 Å². The van der Waals surface area contributed by atoms with Gasteiger partial charge in [-0.3, -0.25) is 9.69 Å². The molecular formula is C15H29N3O. The van der Waals surface area contributed by atoms with Crippen LogP contribution < -0.4 is 10.6 Å². The number of hydrogen-bond donors (Lipinski definition) is 2. The molecule has 1 amide bonds. The zero-order valence-electron chi connectivity index (χ0n) is 12.6. The molecule has 3 unspecified atom stereocenters. The lowest BCUT2D eigenvalue weighted by molar-refractivity contribution is -0.126. The van der Waals surface area contributed by atoms with Crippen LogP contribution in [0.5, 0.6) is 0 Å². The molecule has 0 saturated carbocycles. The molecule has 2 saturated heterocycles. The van der Waals surface area contributed by atoms with E-state index in [2.05, 4.69) is 29.4 Å². The minimum absolute atomic E-state index is 0.00374. The Balaban J connectivity index is 1.72. The Morgan fingerprint density at radius 1 is 1.32 bits per heavy atom. The van der Waals surface area contributed by atoms with Crippen LogP contribution in [-0.4, -0.2) is 48.1 Å². The molecule has 2 aliphatic rings. The lowest BCUT2D eigenvalue weighted by atomic mass is 10.1. The van der Waals surface area contributed by atoms with Crippen molar-refractivity contribution in [2.24, 2.45) is 0 Å². The summed E-state index contributed by atoms with van der Waals surface area (Å²) >= 11 is 0. The molecule has 0 aromatic carbocycles. The molecule has 2 aliphatic heterocycles. The van der Waals surface area contributed by atoms with E-state index in [4.69, 9.17) is 0 Å². The molecule has 2 fully saturated rings. The van der Waals surface area contributed by atoms with Crippen LogP contribution in [0.4, 0.5) is 0 Å². The SMILES string of the molecule is CC1CCC(C)N1C(C)C(=O)NCC[C@H]1CCCN1. The quantitative estimate of drug-likeness (QED) is 0.793. The Kier molecular flexibility index (Phi) is 5.22. The maximum atomic E-state index is 12.2. The predicted molar refractivity (Wildman–Crippen MR) is 78.1 cm³/mol. The Morgan fingerprint density at radius 2 is 2.00 bits per heavy atom. The summed E-state index contributed by atoms with van der Waals surface area (Å²) in [5.74, 6) is 0.193. The fourth-order valence-corrected chi connectivity index (χ4v) is 3.63. The van der Waals surface area contributed by atoms with Crippen LogP contribution in [0, 0.1) is 0 Å². The molecule has 0 spiro atoms. The smallest absolute Gasteiger partial charge is 0.237 e. The van der Waals surface area contributed by atoms with Crippen molar-refractivity contribution in [1.82, 2.24) is 15.5 Å². The molecule has 0 bridgehead atoms. The highest BCUT2D eigenvalue weighted by Crippen LogP contribution is 2.25. The van der Waals surface area contributed by atoms with Crippen molar-refractivity contribution in [2.75, 3.05) is 13.1 Å². The largest absolute Gasteiger partial charge is 0.355 e. The van der Waals surface area contributed by atoms with Crippen LogP contribution in [0.25, 0.3) is 0 Å². The van der Waals surface area contributed by atoms with Crippen LogP contribution in [0.1, 0.15) is 52.9 Å². The summed E-state index contributed by atoms with van der Waals surface area (Å²) in [6.07, 6.45) is 6.02. The lowest BCUT2D eigenvalue weighted by Gasteiger charge is -2.31. The van der Waals surface area contributed by atoms with Crippen LogP contribution in [-0.2, 0) is 4.79 Å². The van der Waals surface area contributed by atoms with E-state index in [1.54, 1.807) is 0 Å². The Morgan fingerprint density at radius 3 is 2.58 bits per heavy atom. The molecule has 19 heavy (non-hydrogen) atoms. The van der Waals surface area contributed by atoms with Crippen molar-refractivity contribution in [3.05, 3.63) is 0 Å². The Hall–Kier alpha value is -0.610. The predicted octanol–water partition coefficient (Wildman–Crippen LogP) is 1.51. The first kappa shape index (κ1) is 14.8. The van der Waals surface area contributed by atoms with E-state index < -0.39 is 0 Å². The second-order valence-electron chi connectivity index (χ2n) is 6.27. The standard InChI is InChI=1S/C15H29N3O/c1-11-6-7-12(2)18(11)13(3)15(19)17-10-8-14-5-4-9-16-14/h11-14,16H,4-10H2,1-3H3,(H,17,19)/t11?,12?,13?,14-/m1/s1. The highest BCUT2D eigenvalue weighted by atomic mass is 16.2. The van der Waals surface area contributed by atoms with E-state index >= 15 is 0 Å². The topological polar surface area (TPSA) is 44.4 Å². The number of carbonyl (C=O) groups is 1. The van der Waals surface area contributed by atoms with Gasteiger partial charge in [0.2, 0.25) is 5.91 Å². The van der Waals surface area contributed by atoms with Crippen molar-refractivity contribution in [3.8, 4) is 0 Å². The van der Waals surface area contributed by atoms with E-state index in [0.717, 1.165) is 19.5 Å². The van der Waals surface area contributed by atoms with Crippen molar-refractivity contribution < 1.29 is 4.79 Å². The molecule has 4 atom stereocenters. The van der Waals surface area contributed by atoms with Crippen molar-refractivity contribution in [2.45, 2.75) is 77.0 Å². The van der Waals surface area contributed by atoms with Gasteiger partial charge in [0, 0.05) is 24.7 Å². The van der Waals surface area contributed by atoms with E-state index in [-0.39, 0.29) is 11.9 Å². The van der Waals surface area contributed by atoms with Crippen LogP contribution in [0.15, 0.2) is 0 Å². The molecule has 0 aliphatic carbocycles. The third-order valence-corrected chi connectivity index (χ3v) is 4.80. The number of likely N-dealkylation sites (tertiary alicyclic amines) is 1. The van der Waals surface area contributed by atoms with Gasteiger partial charge in [-0.05, 0) is 59.4 Å². The van der Waals surface area contributed by atoms with Crippen molar-refractivity contribution in [3.63, 3.8) is 0 Å². The normalized spacial score (nSPS) is 33.5. The lowest BCUT2D eigenvalue weighted by Crippen LogP contribution is -2.49. The number of amides is 1. The maximum Gasteiger partial charge on any atom is 0.237 e. The van der Waals surface area contributed by atoms with E-state index in [1.807, 2.05) is 6.92 Å². The van der Waals surface area contributed by atoms with Gasteiger partial charge in [0.25, 0.3) is 0 Å². The number of nitrogens with zero attached hydrogens (tertiary/aromatic N) is 1. The molecule has 0 aromatic heterocycles. The third-order valence-electron chi connectivity index (χ3n) is 4.80. The summed E-state index contributed by atoms with van der Waals surface area (Å²) in [7, 11) is 0. The monoisotopic (exact) mass is 267 g/mol. The van der Waals surface area contributed by atoms with Gasteiger partial charge in [0.1, 0.15) is 0 Å². The molecule has 0 radical (unpaired) electrons. The summed E-state index contributed by atoms with van der Waals surface area (Å²) < 4.78 is 0. The highest BCUT2D eigenvalue weighted by molar-refractivity contribution is 5.81. The molecule has 0 aromatic rings. The summed E-state index contributed by atoms with van der Waals surface area (Å²) in [5.41, 5.74) is 0. The molecular weight excluding hydrogens is 238 g/mol. The zero-order chi connectivity index (χ0) is 13.8. The van der Waals surface area contributed by atoms with Gasteiger partial charge in [-0.25, -0.2) is 0 Å². The summed E-state index contributed by atoms with van der Waals surface area (Å²) in [4.78, 5) is 14.6. The van der Waals surface area contributed by atoms with E-state index in [1.165, 1.54) is 25.7 Å². The number of nitrogens with one attached hydrogen (secondary N) is 2. The number of carbonyl (C=O) groups excluding carboxylic acids is 1. The third kappa shape index (κ3) is 3.69. The summed E-state index contributed by atoms with van der Waals surface area (Å²) in [6.45, 7) is 8.45. The highest BCUT2D eigenvalue weighted by Gasteiger charge is 2.34. The Labute approximate surface area is 117 Å². The fraction of sp³-hybridized carbons (Fsp3) is 0.933. The van der Waals surface area contributed by atoms with Gasteiger partial charge in [0.15, 0.2) is 0 Å². The minimum atomic E-state index is 0.00374. The van der Waals surface area contributed by atoms with Crippen LogP contribution in [0.3, 0.4) is 0 Å². The molecule has 2 rings (SSSR count). The van der Waals surface area contributed by atoms with Gasteiger partial charge in [-0.2, -0.15) is 0 Å². The van der Waals surface area contributed by atoms with Gasteiger partial charge in [-0.15, -0.1) is 0 Å². The molecule has 110 valence electrons.